The van der Waals surface area contributed by atoms with Gasteiger partial charge in [0.05, 0.1) is 28.4 Å². The maximum absolute atomic E-state index is 11.9. The quantitative estimate of drug-likeness (QED) is 0.891. The average Bonchev–Trinajstić information content (AvgIpc) is 2.75. The largest absolute Gasteiger partial charge is 0.366 e. The lowest BCUT2D eigenvalue weighted by atomic mass is 10.1. The highest BCUT2D eigenvalue weighted by Gasteiger charge is 2.11. The summed E-state index contributed by atoms with van der Waals surface area (Å²) in [6, 6.07) is 6.64. The highest BCUT2D eigenvalue weighted by atomic mass is 32.1. The monoisotopic (exact) mass is 275 g/mol. The van der Waals surface area contributed by atoms with Crippen LogP contribution in [0.2, 0.25) is 0 Å². The third-order valence-corrected chi connectivity index (χ3v) is 3.30. The normalized spacial score (nSPS) is 10.2. The van der Waals surface area contributed by atoms with Crippen molar-refractivity contribution in [2.45, 2.75) is 13.3 Å². The van der Waals surface area contributed by atoms with Gasteiger partial charge in [-0.3, -0.25) is 9.59 Å². The predicted octanol–water partition coefficient (Wildman–Crippen LogP) is 1.73. The minimum absolute atomic E-state index is 0.178. The third-order valence-electron chi connectivity index (χ3n) is 2.47. The van der Waals surface area contributed by atoms with E-state index in [2.05, 4.69) is 10.3 Å². The smallest absolute Gasteiger partial charge is 0.250 e. The van der Waals surface area contributed by atoms with Gasteiger partial charge in [0.25, 0.3) is 5.91 Å². The lowest BCUT2D eigenvalue weighted by molar-refractivity contribution is -0.115. The molecule has 0 spiro atoms. The lowest BCUT2D eigenvalue weighted by Crippen LogP contribution is -2.19. The van der Waals surface area contributed by atoms with Crippen LogP contribution in [0, 0.1) is 6.92 Å². The number of aromatic nitrogens is 1. The number of nitrogens with one attached hydrogen (secondary N) is 1. The van der Waals surface area contributed by atoms with Crippen molar-refractivity contribution in [3.8, 4) is 0 Å². The van der Waals surface area contributed by atoms with E-state index in [-0.39, 0.29) is 12.3 Å². The molecule has 2 rings (SSSR count). The maximum atomic E-state index is 11.9. The predicted molar refractivity (Wildman–Crippen MR) is 74.1 cm³/mol. The Morgan fingerprint density at radius 2 is 2.11 bits per heavy atom. The van der Waals surface area contributed by atoms with Gasteiger partial charge in [0.1, 0.15) is 0 Å². The van der Waals surface area contributed by atoms with Crippen LogP contribution in [-0.4, -0.2) is 16.8 Å². The van der Waals surface area contributed by atoms with Gasteiger partial charge in [-0.25, -0.2) is 4.98 Å². The van der Waals surface area contributed by atoms with Crippen LogP contribution in [0.25, 0.3) is 0 Å². The molecule has 0 aliphatic rings. The van der Waals surface area contributed by atoms with Crippen molar-refractivity contribution in [1.82, 2.24) is 4.98 Å². The molecule has 98 valence electrons. The second kappa shape index (κ2) is 5.62. The summed E-state index contributed by atoms with van der Waals surface area (Å²) in [5, 5.41) is 5.43. The van der Waals surface area contributed by atoms with Crippen LogP contribution in [0.5, 0.6) is 0 Å². The molecule has 0 fully saturated rings. The summed E-state index contributed by atoms with van der Waals surface area (Å²) >= 11 is 1.50. The summed E-state index contributed by atoms with van der Waals surface area (Å²) < 4.78 is 0. The van der Waals surface area contributed by atoms with Crippen molar-refractivity contribution in [2.75, 3.05) is 5.32 Å². The van der Waals surface area contributed by atoms with E-state index >= 15 is 0 Å². The van der Waals surface area contributed by atoms with Crippen molar-refractivity contribution < 1.29 is 9.59 Å². The number of para-hydroxylation sites is 1. The van der Waals surface area contributed by atoms with Crippen molar-refractivity contribution in [3.05, 3.63) is 45.9 Å². The molecule has 2 aromatic rings. The van der Waals surface area contributed by atoms with E-state index in [1.165, 1.54) is 11.3 Å². The van der Waals surface area contributed by atoms with E-state index in [1.807, 2.05) is 12.3 Å². The van der Waals surface area contributed by atoms with Gasteiger partial charge < -0.3 is 11.1 Å². The molecule has 0 saturated heterocycles. The molecule has 1 aromatic heterocycles. The van der Waals surface area contributed by atoms with Crippen LogP contribution < -0.4 is 11.1 Å². The number of carbonyl (C=O) groups is 2. The van der Waals surface area contributed by atoms with Crippen LogP contribution in [0.15, 0.2) is 29.6 Å². The molecule has 0 bridgehead atoms. The summed E-state index contributed by atoms with van der Waals surface area (Å²) in [6.07, 6.45) is 0.178. The van der Waals surface area contributed by atoms with Gasteiger partial charge >= 0.3 is 0 Å². The fourth-order valence-corrected chi connectivity index (χ4v) is 2.27. The number of primary amides is 1. The van der Waals surface area contributed by atoms with Crippen molar-refractivity contribution in [3.63, 3.8) is 0 Å². The van der Waals surface area contributed by atoms with Crippen molar-refractivity contribution in [2.24, 2.45) is 5.73 Å². The van der Waals surface area contributed by atoms with Gasteiger partial charge in [-0.2, -0.15) is 0 Å². The van der Waals surface area contributed by atoms with Crippen LogP contribution in [0.4, 0.5) is 5.69 Å². The Bertz CT molecular complexity index is 622. The van der Waals surface area contributed by atoms with Gasteiger partial charge in [0, 0.05) is 5.38 Å². The summed E-state index contributed by atoms with van der Waals surface area (Å²) in [5.74, 6) is -0.792. The molecule has 6 heteroatoms. The number of hydrogen-bond donors (Lipinski definition) is 2. The van der Waals surface area contributed by atoms with Crippen molar-refractivity contribution in [1.29, 1.82) is 0 Å². The zero-order chi connectivity index (χ0) is 13.8. The molecule has 0 unspecified atom stereocenters. The van der Waals surface area contributed by atoms with E-state index in [0.29, 0.717) is 11.3 Å². The first-order chi connectivity index (χ1) is 9.06. The highest BCUT2D eigenvalue weighted by Crippen LogP contribution is 2.15. The van der Waals surface area contributed by atoms with Gasteiger partial charge in [-0.15, -0.1) is 11.3 Å². The number of hydrogen-bond acceptors (Lipinski definition) is 4. The van der Waals surface area contributed by atoms with Gasteiger partial charge in [-0.1, -0.05) is 12.1 Å². The Kier molecular flexibility index (Phi) is 3.91. The second-order valence-electron chi connectivity index (χ2n) is 3.99. The molecule has 3 N–H and O–H groups in total. The van der Waals surface area contributed by atoms with E-state index < -0.39 is 5.91 Å². The fraction of sp³-hybridized carbons (Fsp3) is 0.154. The zero-order valence-electron chi connectivity index (χ0n) is 10.3. The standard InChI is InChI=1S/C13H13N3O2S/c1-8-15-9(7-19-8)6-12(17)16-11-5-3-2-4-10(11)13(14)18/h2-5,7H,6H2,1H3,(H2,14,18)(H,16,17). The van der Waals surface area contributed by atoms with Crippen LogP contribution in [0.3, 0.4) is 0 Å². The number of nitrogens with two attached hydrogens (primary N) is 1. The van der Waals surface area contributed by atoms with E-state index in [1.54, 1.807) is 24.3 Å². The number of thiazole rings is 1. The Hall–Kier alpha value is -2.21. The SMILES string of the molecule is Cc1nc(CC(=O)Nc2ccccc2C(N)=O)cs1. The first kappa shape index (κ1) is 13.2. The van der Waals surface area contributed by atoms with E-state index in [0.717, 1.165) is 10.7 Å². The van der Waals surface area contributed by atoms with Gasteiger partial charge in [0.15, 0.2) is 0 Å². The Labute approximate surface area is 114 Å². The highest BCUT2D eigenvalue weighted by molar-refractivity contribution is 7.09. The molecule has 0 aliphatic heterocycles. The molecular formula is C13H13N3O2S. The molecule has 5 nitrogen and oxygen atoms in total. The molecule has 0 radical (unpaired) electrons. The molecule has 1 heterocycles. The summed E-state index contributed by atoms with van der Waals surface area (Å²) in [5.41, 5.74) is 6.68. The Morgan fingerprint density at radius 3 is 2.74 bits per heavy atom. The average molecular weight is 275 g/mol. The zero-order valence-corrected chi connectivity index (χ0v) is 11.2. The molecule has 0 aliphatic carbocycles. The molecule has 0 saturated carbocycles. The minimum atomic E-state index is -0.569. The molecule has 0 atom stereocenters. The number of amides is 2. The number of aryl methyl sites for hydroxylation is 1. The van der Waals surface area contributed by atoms with Gasteiger partial charge in [-0.05, 0) is 19.1 Å². The number of benzene rings is 1. The topological polar surface area (TPSA) is 85.1 Å². The molecule has 2 amide bonds. The summed E-state index contributed by atoms with van der Waals surface area (Å²) in [7, 11) is 0. The Morgan fingerprint density at radius 1 is 1.37 bits per heavy atom. The first-order valence-corrected chi connectivity index (χ1v) is 6.54. The van der Waals surface area contributed by atoms with Crippen LogP contribution in [-0.2, 0) is 11.2 Å². The second-order valence-corrected chi connectivity index (χ2v) is 5.05. The van der Waals surface area contributed by atoms with Crippen LogP contribution in [0.1, 0.15) is 21.1 Å². The fourth-order valence-electron chi connectivity index (χ4n) is 1.66. The number of rotatable bonds is 4. The molecule has 19 heavy (non-hydrogen) atoms. The maximum Gasteiger partial charge on any atom is 0.250 e. The van der Waals surface area contributed by atoms with Crippen molar-refractivity contribution >= 4 is 28.8 Å². The summed E-state index contributed by atoms with van der Waals surface area (Å²) in [6.45, 7) is 1.88. The number of anilines is 1. The molecule has 1 aromatic carbocycles. The van der Waals surface area contributed by atoms with Gasteiger partial charge in [0.2, 0.25) is 5.91 Å². The van der Waals surface area contributed by atoms with E-state index in [4.69, 9.17) is 5.73 Å². The van der Waals surface area contributed by atoms with E-state index in [9.17, 15) is 9.59 Å². The third kappa shape index (κ3) is 3.38. The Balaban J connectivity index is 2.09. The first-order valence-electron chi connectivity index (χ1n) is 5.66. The van der Waals surface area contributed by atoms with Crippen LogP contribution >= 0.6 is 11.3 Å². The lowest BCUT2D eigenvalue weighted by Gasteiger charge is -2.07. The minimum Gasteiger partial charge on any atom is -0.366 e. The number of carbonyl (C=O) groups excluding carboxylic acids is 2. The molecular weight excluding hydrogens is 262 g/mol. The summed E-state index contributed by atoms with van der Waals surface area (Å²) in [4.78, 5) is 27.3. The number of nitrogens with zero attached hydrogens (tertiary/aromatic N) is 1.